The standard InChI is InChI=1S/C13H12BrNO5S/c14-13-12(5-8(6-16)20-13)21(17,18)15-10-7-19-11-4-2-1-3-9(10)11/h1-5,10,15-16H,6-7H2. The number of rotatable bonds is 4. The number of halogens is 1. The van der Waals surface area contributed by atoms with Crippen molar-refractivity contribution in [2.24, 2.45) is 0 Å². The molecule has 0 bridgehead atoms. The zero-order chi connectivity index (χ0) is 15.0. The quantitative estimate of drug-likeness (QED) is 0.854. The number of para-hydroxylation sites is 1. The van der Waals surface area contributed by atoms with Crippen LogP contribution in [0.15, 0.2) is 44.3 Å². The monoisotopic (exact) mass is 373 g/mol. The van der Waals surface area contributed by atoms with Crippen molar-refractivity contribution in [1.82, 2.24) is 4.72 Å². The molecule has 2 heterocycles. The molecule has 1 aromatic carbocycles. The van der Waals surface area contributed by atoms with E-state index >= 15 is 0 Å². The van der Waals surface area contributed by atoms with E-state index < -0.39 is 16.1 Å². The number of hydrogen-bond acceptors (Lipinski definition) is 5. The Bertz CT molecular complexity index is 771. The molecular weight excluding hydrogens is 362 g/mol. The molecule has 0 fully saturated rings. The Balaban J connectivity index is 1.89. The zero-order valence-corrected chi connectivity index (χ0v) is 13.1. The molecule has 1 atom stereocenters. The highest BCUT2D eigenvalue weighted by atomic mass is 79.9. The first-order valence-corrected chi connectivity index (χ1v) is 8.42. The first-order valence-electron chi connectivity index (χ1n) is 6.14. The lowest BCUT2D eigenvalue weighted by atomic mass is 10.1. The van der Waals surface area contributed by atoms with Crippen molar-refractivity contribution in [3.05, 3.63) is 46.3 Å². The second-order valence-electron chi connectivity index (χ2n) is 4.53. The second-order valence-corrected chi connectivity index (χ2v) is 6.93. The average Bonchev–Trinajstić information content (AvgIpc) is 3.03. The fourth-order valence-corrected chi connectivity index (χ4v) is 4.37. The highest BCUT2D eigenvalue weighted by Crippen LogP contribution is 2.34. The average molecular weight is 374 g/mol. The summed E-state index contributed by atoms with van der Waals surface area (Å²) in [4.78, 5) is -0.0454. The Kier molecular flexibility index (Phi) is 3.78. The van der Waals surface area contributed by atoms with Crippen LogP contribution in [-0.4, -0.2) is 20.1 Å². The van der Waals surface area contributed by atoms with E-state index in [0.717, 1.165) is 5.56 Å². The lowest BCUT2D eigenvalue weighted by molar-refractivity contribution is 0.245. The van der Waals surface area contributed by atoms with Gasteiger partial charge in [-0.25, -0.2) is 8.42 Å². The van der Waals surface area contributed by atoms with Crippen molar-refractivity contribution < 1.29 is 22.7 Å². The number of sulfonamides is 1. The molecule has 1 aromatic heterocycles. The largest absolute Gasteiger partial charge is 0.491 e. The fourth-order valence-electron chi connectivity index (χ4n) is 2.17. The summed E-state index contributed by atoms with van der Waals surface area (Å²) in [7, 11) is -3.79. The summed E-state index contributed by atoms with van der Waals surface area (Å²) in [6, 6.07) is 8.10. The third-order valence-corrected chi connectivity index (χ3v) is 5.48. The van der Waals surface area contributed by atoms with Gasteiger partial charge in [0.15, 0.2) is 4.67 Å². The summed E-state index contributed by atoms with van der Waals surface area (Å²) >= 11 is 3.05. The first-order chi connectivity index (χ1) is 10.0. The molecule has 0 saturated carbocycles. The van der Waals surface area contributed by atoms with Crippen LogP contribution in [0.4, 0.5) is 0 Å². The molecule has 8 heteroatoms. The number of furan rings is 1. The van der Waals surface area contributed by atoms with Crippen molar-refractivity contribution in [2.45, 2.75) is 17.5 Å². The maximum absolute atomic E-state index is 12.4. The summed E-state index contributed by atoms with van der Waals surface area (Å²) in [6.45, 7) is -0.135. The Morgan fingerprint density at radius 3 is 2.86 bits per heavy atom. The van der Waals surface area contributed by atoms with Crippen LogP contribution in [-0.2, 0) is 16.6 Å². The number of fused-ring (bicyclic) bond motifs is 1. The van der Waals surface area contributed by atoms with Crippen molar-refractivity contribution in [1.29, 1.82) is 0 Å². The number of nitrogens with one attached hydrogen (secondary N) is 1. The van der Waals surface area contributed by atoms with Gasteiger partial charge in [0.25, 0.3) is 0 Å². The van der Waals surface area contributed by atoms with E-state index in [1.54, 1.807) is 6.07 Å². The Labute approximate surface area is 129 Å². The van der Waals surface area contributed by atoms with Gasteiger partial charge in [0.05, 0.1) is 6.04 Å². The van der Waals surface area contributed by atoms with Crippen molar-refractivity contribution in [2.75, 3.05) is 6.61 Å². The second kappa shape index (κ2) is 5.45. The van der Waals surface area contributed by atoms with E-state index in [4.69, 9.17) is 14.3 Å². The van der Waals surface area contributed by atoms with Crippen LogP contribution >= 0.6 is 15.9 Å². The topological polar surface area (TPSA) is 88.8 Å². The number of ether oxygens (including phenoxy) is 1. The lowest BCUT2D eigenvalue weighted by Crippen LogP contribution is -2.29. The molecule has 0 aliphatic carbocycles. The molecule has 1 aliphatic heterocycles. The Morgan fingerprint density at radius 2 is 2.14 bits per heavy atom. The van der Waals surface area contributed by atoms with Gasteiger partial charge in [-0.3, -0.25) is 0 Å². The predicted octanol–water partition coefficient (Wildman–Crippen LogP) is 1.95. The van der Waals surface area contributed by atoms with Gasteiger partial charge < -0.3 is 14.3 Å². The molecular formula is C13H12BrNO5S. The van der Waals surface area contributed by atoms with Crippen LogP contribution in [0.2, 0.25) is 0 Å². The van der Waals surface area contributed by atoms with Gasteiger partial charge in [0, 0.05) is 11.6 Å². The first kappa shape index (κ1) is 14.6. The summed E-state index contributed by atoms with van der Waals surface area (Å²) in [5.74, 6) is 0.845. The van der Waals surface area contributed by atoms with Crippen LogP contribution in [0.25, 0.3) is 0 Å². The van der Waals surface area contributed by atoms with E-state index in [0.29, 0.717) is 5.75 Å². The van der Waals surface area contributed by atoms with Crippen LogP contribution < -0.4 is 9.46 Å². The fraction of sp³-hybridized carbons (Fsp3) is 0.231. The summed E-state index contributed by atoms with van der Waals surface area (Å²) in [6.07, 6.45) is 0. The normalized spacial score (nSPS) is 17.5. The molecule has 0 spiro atoms. The highest BCUT2D eigenvalue weighted by molar-refractivity contribution is 9.10. The van der Waals surface area contributed by atoms with E-state index in [-0.39, 0.29) is 28.5 Å². The number of aliphatic hydroxyl groups excluding tert-OH is 1. The number of hydrogen-bond donors (Lipinski definition) is 2. The van der Waals surface area contributed by atoms with Gasteiger partial charge in [-0.2, -0.15) is 4.72 Å². The van der Waals surface area contributed by atoms with E-state index in [1.165, 1.54) is 6.07 Å². The summed E-state index contributed by atoms with van der Waals surface area (Å²) in [5, 5.41) is 9.01. The number of aliphatic hydroxyl groups is 1. The third-order valence-electron chi connectivity index (χ3n) is 3.15. The molecule has 3 rings (SSSR count). The molecule has 112 valence electrons. The number of benzene rings is 1. The molecule has 21 heavy (non-hydrogen) atoms. The van der Waals surface area contributed by atoms with Gasteiger partial charge in [-0.05, 0) is 22.0 Å². The van der Waals surface area contributed by atoms with E-state index in [2.05, 4.69) is 20.7 Å². The minimum absolute atomic E-state index is 0.0454. The minimum Gasteiger partial charge on any atom is -0.491 e. The Morgan fingerprint density at radius 1 is 1.38 bits per heavy atom. The summed E-state index contributed by atoms with van der Waals surface area (Å²) < 4.78 is 38.0. The molecule has 1 aliphatic rings. The van der Waals surface area contributed by atoms with Gasteiger partial charge in [-0.15, -0.1) is 0 Å². The third kappa shape index (κ3) is 2.71. The van der Waals surface area contributed by atoms with Gasteiger partial charge in [0.2, 0.25) is 10.0 Å². The minimum atomic E-state index is -3.79. The van der Waals surface area contributed by atoms with Crippen LogP contribution in [0, 0.1) is 0 Å². The zero-order valence-electron chi connectivity index (χ0n) is 10.7. The maximum Gasteiger partial charge on any atom is 0.245 e. The maximum atomic E-state index is 12.4. The van der Waals surface area contributed by atoms with Crippen molar-refractivity contribution >= 4 is 26.0 Å². The molecule has 6 nitrogen and oxygen atoms in total. The SMILES string of the molecule is O=S(=O)(NC1COc2ccccc21)c1cc(CO)oc1Br. The molecule has 1 unspecified atom stereocenters. The Hall–Kier alpha value is -1.35. The molecule has 2 aromatic rings. The highest BCUT2D eigenvalue weighted by Gasteiger charge is 2.31. The van der Waals surface area contributed by atoms with Crippen LogP contribution in [0.1, 0.15) is 17.4 Å². The van der Waals surface area contributed by atoms with Crippen LogP contribution in [0.5, 0.6) is 5.75 Å². The molecule has 0 saturated heterocycles. The molecule has 2 N–H and O–H groups in total. The smallest absolute Gasteiger partial charge is 0.245 e. The van der Waals surface area contributed by atoms with Crippen LogP contribution in [0.3, 0.4) is 0 Å². The molecule has 0 radical (unpaired) electrons. The lowest BCUT2D eigenvalue weighted by Gasteiger charge is -2.11. The predicted molar refractivity (Wildman–Crippen MR) is 77.3 cm³/mol. The summed E-state index contributed by atoms with van der Waals surface area (Å²) in [5.41, 5.74) is 0.795. The van der Waals surface area contributed by atoms with Gasteiger partial charge >= 0.3 is 0 Å². The van der Waals surface area contributed by atoms with E-state index in [1.807, 2.05) is 18.2 Å². The van der Waals surface area contributed by atoms with Crippen molar-refractivity contribution in [3.8, 4) is 5.75 Å². The van der Waals surface area contributed by atoms with Crippen molar-refractivity contribution in [3.63, 3.8) is 0 Å². The van der Waals surface area contributed by atoms with Gasteiger partial charge in [0.1, 0.15) is 29.6 Å². The van der Waals surface area contributed by atoms with Gasteiger partial charge in [-0.1, -0.05) is 18.2 Å². The molecule has 0 amide bonds. The van der Waals surface area contributed by atoms with E-state index in [9.17, 15) is 8.42 Å².